The van der Waals surface area contributed by atoms with E-state index in [-0.39, 0.29) is 35.4 Å². The van der Waals surface area contributed by atoms with Crippen LogP contribution in [0.5, 0.6) is 11.5 Å². The lowest BCUT2D eigenvalue weighted by Crippen LogP contribution is -2.21. The first-order valence-electron chi connectivity index (χ1n) is 5.10. The van der Waals surface area contributed by atoms with Crippen molar-refractivity contribution in [2.24, 2.45) is 5.73 Å². The predicted octanol–water partition coefficient (Wildman–Crippen LogP) is 1.01. The number of hydrogen-bond acceptors (Lipinski definition) is 5. The molecule has 0 aromatic heterocycles. The molecule has 0 saturated heterocycles. The van der Waals surface area contributed by atoms with Crippen molar-refractivity contribution in [1.29, 1.82) is 0 Å². The fourth-order valence-corrected chi connectivity index (χ4v) is 2.06. The van der Waals surface area contributed by atoms with E-state index in [1.807, 2.05) is 0 Å². The Morgan fingerprint density at radius 2 is 2.22 bits per heavy atom. The molecule has 0 fully saturated rings. The Kier molecular flexibility index (Phi) is 3.40. The first kappa shape index (κ1) is 12.7. The molecule has 1 heterocycles. The monoisotopic (exact) mass is 271 g/mol. The summed E-state index contributed by atoms with van der Waals surface area (Å²) in [6.45, 7) is -0.192. The Bertz CT molecular complexity index is 517. The van der Waals surface area contributed by atoms with E-state index in [0.29, 0.717) is 11.8 Å². The molecule has 0 radical (unpaired) electrons. The molecule has 3 N–H and O–H groups in total. The smallest absolute Gasteiger partial charge is 0.312 e. The van der Waals surface area contributed by atoms with E-state index in [0.717, 1.165) is 0 Å². The Hall–Kier alpha value is -1.79. The van der Waals surface area contributed by atoms with Gasteiger partial charge >= 0.3 is 5.97 Å². The third-order valence-electron chi connectivity index (χ3n) is 2.69. The molecule has 6 nitrogen and oxygen atoms in total. The molecule has 0 saturated carbocycles. The van der Waals surface area contributed by atoms with Gasteiger partial charge in [0.05, 0.1) is 16.5 Å². The normalized spacial score (nSPS) is 14.3. The Morgan fingerprint density at radius 3 is 2.78 bits per heavy atom. The van der Waals surface area contributed by atoms with Gasteiger partial charge in [0.2, 0.25) is 6.79 Å². The number of carboxylic acid groups (broad SMARTS) is 1. The number of aliphatic carboxylic acids is 1. The Balaban J connectivity index is 2.63. The highest BCUT2D eigenvalue weighted by Crippen LogP contribution is 2.44. The van der Waals surface area contributed by atoms with Gasteiger partial charge in [-0.1, -0.05) is 11.6 Å². The summed E-state index contributed by atoms with van der Waals surface area (Å²) in [5.74, 6) is -1.66. The van der Waals surface area contributed by atoms with Crippen LogP contribution in [-0.2, 0) is 4.79 Å². The zero-order valence-corrected chi connectivity index (χ0v) is 9.94. The standard InChI is InChI=1S/C11H10ClNO5/c12-8-1-5(6(2-13)11(15)16)9-10(7(8)3-14)18-4-17-9/h1,3,6H,2,4,13H2,(H,15,16). The summed E-state index contributed by atoms with van der Waals surface area (Å²) in [5.41, 5.74) is 5.89. The van der Waals surface area contributed by atoms with Crippen LogP contribution in [0.15, 0.2) is 6.07 Å². The molecule has 0 spiro atoms. The topological polar surface area (TPSA) is 98.9 Å². The van der Waals surface area contributed by atoms with Crippen LogP contribution < -0.4 is 15.2 Å². The van der Waals surface area contributed by atoms with Gasteiger partial charge in [-0.25, -0.2) is 0 Å². The third-order valence-corrected chi connectivity index (χ3v) is 3.00. The molecule has 1 atom stereocenters. The van der Waals surface area contributed by atoms with Crippen LogP contribution in [0.3, 0.4) is 0 Å². The van der Waals surface area contributed by atoms with E-state index in [4.69, 9.17) is 31.9 Å². The highest BCUT2D eigenvalue weighted by atomic mass is 35.5. The zero-order valence-electron chi connectivity index (χ0n) is 9.18. The minimum atomic E-state index is -1.09. The Labute approximate surface area is 107 Å². The number of carbonyl (C=O) groups excluding carboxylic acids is 1. The number of ether oxygens (including phenoxy) is 2. The minimum absolute atomic E-state index is 0.0829. The maximum atomic E-state index is 11.1. The van der Waals surface area contributed by atoms with Gasteiger partial charge in [-0.2, -0.15) is 0 Å². The van der Waals surface area contributed by atoms with Gasteiger partial charge in [0.25, 0.3) is 0 Å². The van der Waals surface area contributed by atoms with E-state index in [1.165, 1.54) is 6.07 Å². The SMILES string of the molecule is NCC(C(=O)O)c1cc(Cl)c(C=O)c2c1OCO2. The maximum absolute atomic E-state index is 11.1. The number of carbonyl (C=O) groups is 2. The number of fused-ring (bicyclic) bond motifs is 1. The Morgan fingerprint density at radius 1 is 1.56 bits per heavy atom. The quantitative estimate of drug-likeness (QED) is 0.793. The van der Waals surface area contributed by atoms with Gasteiger partial charge in [-0.05, 0) is 6.07 Å². The molecular formula is C11H10ClNO5. The van der Waals surface area contributed by atoms with E-state index in [9.17, 15) is 9.59 Å². The van der Waals surface area contributed by atoms with Gasteiger partial charge < -0.3 is 20.3 Å². The lowest BCUT2D eigenvalue weighted by molar-refractivity contribution is -0.138. The summed E-state index contributed by atoms with van der Waals surface area (Å²) in [6.07, 6.45) is 0.540. The second-order valence-electron chi connectivity index (χ2n) is 3.67. The van der Waals surface area contributed by atoms with Crippen LogP contribution in [0.25, 0.3) is 0 Å². The molecular weight excluding hydrogens is 262 g/mol. The molecule has 0 bridgehead atoms. The van der Waals surface area contributed by atoms with Crippen LogP contribution >= 0.6 is 11.6 Å². The number of nitrogens with two attached hydrogens (primary N) is 1. The van der Waals surface area contributed by atoms with Crippen LogP contribution in [-0.4, -0.2) is 30.7 Å². The number of aldehydes is 1. The van der Waals surface area contributed by atoms with Gasteiger partial charge in [0, 0.05) is 12.1 Å². The fourth-order valence-electron chi connectivity index (χ4n) is 1.81. The van der Waals surface area contributed by atoms with Crippen molar-refractivity contribution in [3.8, 4) is 11.5 Å². The van der Waals surface area contributed by atoms with Crippen molar-refractivity contribution in [2.45, 2.75) is 5.92 Å². The molecule has 18 heavy (non-hydrogen) atoms. The average Bonchev–Trinajstić information content (AvgIpc) is 2.78. The van der Waals surface area contributed by atoms with Crippen LogP contribution in [0.4, 0.5) is 0 Å². The van der Waals surface area contributed by atoms with Crippen molar-refractivity contribution in [3.05, 3.63) is 22.2 Å². The fraction of sp³-hybridized carbons (Fsp3) is 0.273. The van der Waals surface area contributed by atoms with Crippen molar-refractivity contribution in [3.63, 3.8) is 0 Å². The zero-order chi connectivity index (χ0) is 13.3. The number of carboxylic acids is 1. The number of hydrogen-bond donors (Lipinski definition) is 2. The van der Waals surface area contributed by atoms with E-state index < -0.39 is 11.9 Å². The summed E-state index contributed by atoms with van der Waals surface area (Å²) in [6, 6.07) is 1.38. The first-order valence-corrected chi connectivity index (χ1v) is 5.48. The number of halogens is 1. The summed E-state index contributed by atoms with van der Waals surface area (Å²) in [4.78, 5) is 22.0. The lowest BCUT2D eigenvalue weighted by atomic mass is 9.96. The van der Waals surface area contributed by atoms with E-state index in [1.54, 1.807) is 0 Å². The highest BCUT2D eigenvalue weighted by Gasteiger charge is 2.30. The molecule has 2 rings (SSSR count). The average molecular weight is 272 g/mol. The minimum Gasteiger partial charge on any atom is -0.481 e. The number of benzene rings is 1. The largest absolute Gasteiger partial charge is 0.481 e. The van der Waals surface area contributed by atoms with Crippen molar-refractivity contribution >= 4 is 23.9 Å². The summed E-state index contributed by atoms with van der Waals surface area (Å²) in [5, 5.41) is 9.20. The summed E-state index contributed by atoms with van der Waals surface area (Å²) in [7, 11) is 0. The molecule has 7 heteroatoms. The molecule has 1 aliphatic heterocycles. The van der Waals surface area contributed by atoms with Crippen molar-refractivity contribution in [2.75, 3.05) is 13.3 Å². The van der Waals surface area contributed by atoms with Crippen LogP contribution in [0.1, 0.15) is 21.8 Å². The van der Waals surface area contributed by atoms with Crippen molar-refractivity contribution < 1.29 is 24.2 Å². The van der Waals surface area contributed by atoms with Gasteiger partial charge in [0.15, 0.2) is 17.8 Å². The van der Waals surface area contributed by atoms with Crippen LogP contribution in [0, 0.1) is 0 Å². The molecule has 0 amide bonds. The number of rotatable bonds is 4. The van der Waals surface area contributed by atoms with Gasteiger partial charge in [-0.3, -0.25) is 9.59 Å². The molecule has 1 aliphatic rings. The summed E-state index contributed by atoms with van der Waals surface area (Å²) >= 11 is 5.92. The first-order chi connectivity index (χ1) is 8.60. The van der Waals surface area contributed by atoms with Gasteiger partial charge in [-0.15, -0.1) is 0 Å². The predicted molar refractivity (Wildman–Crippen MR) is 62.4 cm³/mol. The molecule has 1 unspecified atom stereocenters. The summed E-state index contributed by atoms with van der Waals surface area (Å²) < 4.78 is 10.3. The molecule has 96 valence electrons. The van der Waals surface area contributed by atoms with E-state index in [2.05, 4.69) is 0 Å². The maximum Gasteiger partial charge on any atom is 0.312 e. The second-order valence-corrected chi connectivity index (χ2v) is 4.08. The van der Waals surface area contributed by atoms with E-state index >= 15 is 0 Å². The highest BCUT2D eigenvalue weighted by molar-refractivity contribution is 6.33. The lowest BCUT2D eigenvalue weighted by Gasteiger charge is -2.14. The van der Waals surface area contributed by atoms with Crippen LogP contribution in [0.2, 0.25) is 5.02 Å². The molecule has 1 aromatic rings. The van der Waals surface area contributed by atoms with Gasteiger partial charge in [0.1, 0.15) is 0 Å². The molecule has 1 aromatic carbocycles. The molecule has 0 aliphatic carbocycles. The van der Waals surface area contributed by atoms with Crippen molar-refractivity contribution in [1.82, 2.24) is 0 Å². The third kappa shape index (κ3) is 1.89. The second kappa shape index (κ2) is 4.83.